The van der Waals surface area contributed by atoms with Gasteiger partial charge in [-0.1, -0.05) is 11.6 Å². The zero-order chi connectivity index (χ0) is 19.2. The first-order valence-electron chi connectivity index (χ1n) is 7.83. The maximum atomic E-state index is 12.6. The number of rotatable bonds is 3. The van der Waals surface area contributed by atoms with Crippen LogP contribution in [0.15, 0.2) is 47.8 Å². The molecule has 2 heterocycles. The largest absolute Gasteiger partial charge is 0.416 e. The van der Waals surface area contributed by atoms with Crippen molar-refractivity contribution in [3.8, 4) is 11.5 Å². The Labute approximate surface area is 161 Å². The predicted octanol–water partition coefficient (Wildman–Crippen LogP) is 6.11. The minimum absolute atomic E-state index is 0.528. The molecular formula is C18H12ClF3N4S. The maximum absolute atomic E-state index is 12.6. The Morgan fingerprint density at radius 3 is 2.52 bits per heavy atom. The molecule has 0 spiro atoms. The van der Waals surface area contributed by atoms with Crippen molar-refractivity contribution in [1.29, 1.82) is 0 Å². The molecule has 138 valence electrons. The number of nitrogens with zero attached hydrogens (tertiary/aromatic N) is 3. The molecule has 0 bridgehead atoms. The van der Waals surface area contributed by atoms with E-state index in [1.54, 1.807) is 12.1 Å². The second-order valence-electron chi connectivity index (χ2n) is 5.87. The SMILES string of the molecule is Cn1c(-c2csc(Nc3ccc(C(F)(F)F)cc3)n2)nc2cc(Cl)ccc21. The lowest BCUT2D eigenvalue weighted by molar-refractivity contribution is -0.137. The number of nitrogens with one attached hydrogen (secondary N) is 1. The van der Waals surface area contributed by atoms with E-state index in [1.165, 1.54) is 23.5 Å². The van der Waals surface area contributed by atoms with Crippen molar-refractivity contribution in [2.45, 2.75) is 6.18 Å². The first kappa shape index (κ1) is 17.8. The van der Waals surface area contributed by atoms with Gasteiger partial charge in [-0.3, -0.25) is 0 Å². The third-order valence-corrected chi connectivity index (χ3v) is 5.03. The summed E-state index contributed by atoms with van der Waals surface area (Å²) in [7, 11) is 1.89. The number of benzene rings is 2. The smallest absolute Gasteiger partial charge is 0.332 e. The van der Waals surface area contributed by atoms with Gasteiger partial charge in [0, 0.05) is 23.1 Å². The van der Waals surface area contributed by atoms with Crippen molar-refractivity contribution in [2.24, 2.45) is 7.05 Å². The van der Waals surface area contributed by atoms with Crippen LogP contribution < -0.4 is 5.32 Å². The Bertz CT molecular complexity index is 1120. The van der Waals surface area contributed by atoms with E-state index in [9.17, 15) is 13.2 Å². The summed E-state index contributed by atoms with van der Waals surface area (Å²) in [6.45, 7) is 0. The van der Waals surface area contributed by atoms with E-state index in [2.05, 4.69) is 15.3 Å². The number of imidazole rings is 1. The zero-order valence-electron chi connectivity index (χ0n) is 13.9. The van der Waals surface area contributed by atoms with Crippen LogP contribution >= 0.6 is 22.9 Å². The van der Waals surface area contributed by atoms with Crippen molar-refractivity contribution < 1.29 is 13.2 Å². The molecule has 27 heavy (non-hydrogen) atoms. The van der Waals surface area contributed by atoms with Crippen LogP contribution in [0.3, 0.4) is 0 Å². The van der Waals surface area contributed by atoms with E-state index in [0.717, 1.165) is 23.2 Å². The topological polar surface area (TPSA) is 42.7 Å². The fourth-order valence-electron chi connectivity index (χ4n) is 2.70. The Balaban J connectivity index is 1.60. The third kappa shape index (κ3) is 3.50. The zero-order valence-corrected chi connectivity index (χ0v) is 15.5. The maximum Gasteiger partial charge on any atom is 0.416 e. The van der Waals surface area contributed by atoms with Crippen LogP contribution in [0.2, 0.25) is 5.02 Å². The lowest BCUT2D eigenvalue weighted by Crippen LogP contribution is -2.04. The first-order chi connectivity index (χ1) is 12.8. The van der Waals surface area contributed by atoms with E-state index in [-0.39, 0.29) is 0 Å². The summed E-state index contributed by atoms with van der Waals surface area (Å²) < 4.78 is 39.8. The molecule has 0 aliphatic heterocycles. The molecule has 0 aliphatic rings. The summed E-state index contributed by atoms with van der Waals surface area (Å²) in [6.07, 6.45) is -4.35. The molecule has 4 aromatic rings. The van der Waals surface area contributed by atoms with Gasteiger partial charge in [0.15, 0.2) is 11.0 Å². The van der Waals surface area contributed by atoms with Gasteiger partial charge in [0.2, 0.25) is 0 Å². The highest BCUT2D eigenvalue weighted by Crippen LogP contribution is 2.32. The lowest BCUT2D eigenvalue weighted by atomic mass is 10.2. The van der Waals surface area contributed by atoms with E-state index >= 15 is 0 Å². The molecule has 2 aromatic carbocycles. The Morgan fingerprint density at radius 2 is 1.81 bits per heavy atom. The van der Waals surface area contributed by atoms with Gasteiger partial charge in [-0.2, -0.15) is 13.2 Å². The molecule has 1 N–H and O–H groups in total. The van der Waals surface area contributed by atoms with Crippen LogP contribution in [0.4, 0.5) is 24.0 Å². The fraction of sp³-hybridized carbons (Fsp3) is 0.111. The second kappa shape index (κ2) is 6.54. The molecule has 9 heteroatoms. The van der Waals surface area contributed by atoms with Gasteiger partial charge in [-0.25, -0.2) is 9.97 Å². The second-order valence-corrected chi connectivity index (χ2v) is 7.16. The summed E-state index contributed by atoms with van der Waals surface area (Å²) in [4.78, 5) is 9.07. The predicted molar refractivity (Wildman–Crippen MR) is 102 cm³/mol. The number of anilines is 2. The summed E-state index contributed by atoms with van der Waals surface area (Å²) in [5.41, 5.74) is 2.21. The van der Waals surface area contributed by atoms with Crippen LogP contribution in [0.1, 0.15) is 5.56 Å². The van der Waals surface area contributed by atoms with Gasteiger partial charge in [-0.05, 0) is 42.5 Å². The van der Waals surface area contributed by atoms with Crippen LogP contribution in [0, 0.1) is 0 Å². The number of alkyl halides is 3. The third-order valence-electron chi connectivity index (χ3n) is 4.04. The Kier molecular flexibility index (Phi) is 4.32. The highest BCUT2D eigenvalue weighted by Gasteiger charge is 2.29. The number of aryl methyl sites for hydroxylation is 1. The fourth-order valence-corrected chi connectivity index (χ4v) is 3.58. The molecule has 0 amide bonds. The van der Waals surface area contributed by atoms with Crippen molar-refractivity contribution >= 4 is 44.8 Å². The van der Waals surface area contributed by atoms with Crippen molar-refractivity contribution in [3.05, 3.63) is 58.4 Å². The monoisotopic (exact) mass is 408 g/mol. The van der Waals surface area contributed by atoms with E-state index in [1.807, 2.05) is 23.1 Å². The molecule has 0 unspecified atom stereocenters. The molecule has 0 saturated heterocycles. The summed E-state index contributed by atoms with van der Waals surface area (Å²) in [5.74, 6) is 0.684. The molecule has 2 aromatic heterocycles. The average molecular weight is 409 g/mol. The molecule has 4 rings (SSSR count). The highest BCUT2D eigenvalue weighted by atomic mass is 35.5. The summed E-state index contributed by atoms with van der Waals surface area (Å²) >= 11 is 7.36. The molecule has 0 aliphatic carbocycles. The molecule has 0 atom stereocenters. The molecule has 0 fully saturated rings. The van der Waals surface area contributed by atoms with Crippen molar-refractivity contribution in [2.75, 3.05) is 5.32 Å². The lowest BCUT2D eigenvalue weighted by Gasteiger charge is -2.07. The van der Waals surface area contributed by atoms with Gasteiger partial charge in [0.05, 0.1) is 16.6 Å². The van der Waals surface area contributed by atoms with Gasteiger partial charge in [0.1, 0.15) is 5.69 Å². The van der Waals surface area contributed by atoms with E-state index in [0.29, 0.717) is 27.4 Å². The van der Waals surface area contributed by atoms with Gasteiger partial charge < -0.3 is 9.88 Å². The number of aromatic nitrogens is 3. The van der Waals surface area contributed by atoms with E-state index < -0.39 is 11.7 Å². The standard InChI is InChI=1S/C18H12ClF3N4S/c1-26-15-7-4-11(19)8-13(15)24-16(26)14-9-27-17(25-14)23-12-5-2-10(3-6-12)18(20,21)22/h2-9H,1H3,(H,23,25). The van der Waals surface area contributed by atoms with E-state index in [4.69, 9.17) is 11.6 Å². The van der Waals surface area contributed by atoms with Gasteiger partial charge in [0.25, 0.3) is 0 Å². The average Bonchev–Trinajstić information content (AvgIpc) is 3.19. The molecular weight excluding hydrogens is 397 g/mol. The van der Waals surface area contributed by atoms with Crippen molar-refractivity contribution in [1.82, 2.24) is 14.5 Å². The number of halogens is 4. The molecule has 4 nitrogen and oxygen atoms in total. The molecule has 0 saturated carbocycles. The minimum Gasteiger partial charge on any atom is -0.332 e. The Morgan fingerprint density at radius 1 is 1.07 bits per heavy atom. The minimum atomic E-state index is -4.35. The number of hydrogen-bond acceptors (Lipinski definition) is 4. The normalized spacial score (nSPS) is 11.9. The summed E-state index contributed by atoms with van der Waals surface area (Å²) in [5, 5.41) is 6.03. The first-order valence-corrected chi connectivity index (χ1v) is 9.09. The summed E-state index contributed by atoms with van der Waals surface area (Å²) in [6, 6.07) is 10.3. The van der Waals surface area contributed by atoms with Gasteiger partial charge in [-0.15, -0.1) is 11.3 Å². The number of thiazole rings is 1. The van der Waals surface area contributed by atoms with Crippen LogP contribution in [0.5, 0.6) is 0 Å². The number of fused-ring (bicyclic) bond motifs is 1. The van der Waals surface area contributed by atoms with Crippen molar-refractivity contribution in [3.63, 3.8) is 0 Å². The highest BCUT2D eigenvalue weighted by molar-refractivity contribution is 7.14. The Hall–Kier alpha value is -2.58. The molecule has 0 radical (unpaired) electrons. The van der Waals surface area contributed by atoms with Crippen LogP contribution in [-0.4, -0.2) is 14.5 Å². The number of hydrogen-bond donors (Lipinski definition) is 1. The van der Waals surface area contributed by atoms with Gasteiger partial charge >= 0.3 is 6.18 Å². The van der Waals surface area contributed by atoms with Crippen LogP contribution in [0.25, 0.3) is 22.6 Å². The quantitative estimate of drug-likeness (QED) is 0.444. The van der Waals surface area contributed by atoms with Crippen LogP contribution in [-0.2, 0) is 13.2 Å².